The zero-order chi connectivity index (χ0) is 14.6. The molecule has 0 fully saturated rings. The smallest absolute Gasteiger partial charge is 0.264 e. The number of nitrogens with zero attached hydrogens (tertiary/aromatic N) is 1. The van der Waals surface area contributed by atoms with Gasteiger partial charge in [0.2, 0.25) is 0 Å². The molecule has 20 heavy (non-hydrogen) atoms. The summed E-state index contributed by atoms with van der Waals surface area (Å²) < 4.78 is 27.3. The average Bonchev–Trinajstić information content (AvgIpc) is 2.42. The Kier molecular flexibility index (Phi) is 4.24. The monoisotopic (exact) mass is 291 g/mol. The van der Waals surface area contributed by atoms with Crippen LogP contribution in [0.5, 0.6) is 0 Å². The van der Waals surface area contributed by atoms with Gasteiger partial charge in [0.1, 0.15) is 4.90 Å². The maximum atomic E-state index is 12.4. The van der Waals surface area contributed by atoms with Gasteiger partial charge in [-0.3, -0.25) is 9.71 Å². The number of anilines is 2. The molecule has 0 aliphatic heterocycles. The number of rotatable bonds is 5. The summed E-state index contributed by atoms with van der Waals surface area (Å²) in [6.45, 7) is 4.41. The fourth-order valence-corrected chi connectivity index (χ4v) is 3.00. The first kappa shape index (κ1) is 14.3. The van der Waals surface area contributed by atoms with E-state index < -0.39 is 10.0 Å². The Morgan fingerprint density at radius 2 is 1.90 bits per heavy atom. The van der Waals surface area contributed by atoms with Crippen LogP contribution < -0.4 is 10.0 Å². The van der Waals surface area contributed by atoms with E-state index in [1.165, 1.54) is 6.20 Å². The van der Waals surface area contributed by atoms with Gasteiger partial charge in [0.25, 0.3) is 10.0 Å². The molecule has 2 rings (SSSR count). The van der Waals surface area contributed by atoms with E-state index in [0.717, 1.165) is 5.69 Å². The van der Waals surface area contributed by atoms with E-state index in [9.17, 15) is 8.42 Å². The number of hydrogen-bond acceptors (Lipinski definition) is 4. The molecule has 5 nitrogen and oxygen atoms in total. The lowest BCUT2D eigenvalue weighted by Crippen LogP contribution is -2.15. The van der Waals surface area contributed by atoms with Crippen molar-refractivity contribution in [2.45, 2.75) is 18.7 Å². The van der Waals surface area contributed by atoms with Crippen LogP contribution in [0.3, 0.4) is 0 Å². The van der Waals surface area contributed by atoms with Crippen molar-refractivity contribution in [2.24, 2.45) is 0 Å². The second-order valence-corrected chi connectivity index (χ2v) is 5.97. The van der Waals surface area contributed by atoms with Crippen LogP contribution in [-0.2, 0) is 10.0 Å². The highest BCUT2D eigenvalue weighted by Gasteiger charge is 2.18. The fraction of sp³-hybridized carbons (Fsp3) is 0.214. The van der Waals surface area contributed by atoms with Gasteiger partial charge in [-0.2, -0.15) is 0 Å². The topological polar surface area (TPSA) is 71.1 Å². The quantitative estimate of drug-likeness (QED) is 0.888. The minimum Gasteiger partial charge on any atom is -0.384 e. The summed E-state index contributed by atoms with van der Waals surface area (Å²) in [5.74, 6) is 0. The van der Waals surface area contributed by atoms with Gasteiger partial charge in [-0.15, -0.1) is 0 Å². The highest BCUT2D eigenvalue weighted by atomic mass is 32.2. The van der Waals surface area contributed by atoms with E-state index in [-0.39, 0.29) is 4.90 Å². The molecule has 0 bridgehead atoms. The minimum absolute atomic E-state index is 0.224. The molecule has 1 aromatic heterocycles. The molecule has 0 radical (unpaired) electrons. The molecule has 0 atom stereocenters. The number of nitrogens with one attached hydrogen (secondary N) is 2. The summed E-state index contributed by atoms with van der Waals surface area (Å²) in [7, 11) is -3.63. The molecular formula is C14H17N3O2S. The molecule has 0 saturated carbocycles. The van der Waals surface area contributed by atoms with Crippen molar-refractivity contribution in [1.82, 2.24) is 4.98 Å². The van der Waals surface area contributed by atoms with Crippen molar-refractivity contribution in [3.63, 3.8) is 0 Å². The largest absolute Gasteiger partial charge is 0.384 e. The Balaban J connectivity index is 2.33. The maximum absolute atomic E-state index is 12.4. The lowest BCUT2D eigenvalue weighted by atomic mass is 10.3. The Morgan fingerprint density at radius 1 is 1.15 bits per heavy atom. The van der Waals surface area contributed by atoms with E-state index in [1.54, 1.807) is 36.4 Å². The molecule has 0 aliphatic rings. The number of sulfonamides is 1. The molecule has 0 amide bonds. The van der Waals surface area contributed by atoms with E-state index in [1.807, 2.05) is 13.8 Å². The van der Waals surface area contributed by atoms with Crippen LogP contribution in [0.25, 0.3) is 0 Å². The zero-order valence-electron chi connectivity index (χ0n) is 11.4. The Morgan fingerprint density at radius 3 is 2.55 bits per heavy atom. The van der Waals surface area contributed by atoms with Crippen molar-refractivity contribution in [3.8, 4) is 0 Å². The molecule has 0 spiro atoms. The van der Waals surface area contributed by atoms with Crippen LogP contribution in [0.15, 0.2) is 47.5 Å². The maximum Gasteiger partial charge on any atom is 0.264 e. The number of para-hydroxylation sites is 1. The highest BCUT2D eigenvalue weighted by Crippen LogP contribution is 2.23. The van der Waals surface area contributed by atoms with Gasteiger partial charge in [0.15, 0.2) is 0 Å². The average molecular weight is 291 g/mol. The number of aryl methyl sites for hydroxylation is 1. The van der Waals surface area contributed by atoms with Crippen LogP contribution >= 0.6 is 0 Å². The third-order valence-corrected chi connectivity index (χ3v) is 4.15. The lowest BCUT2D eigenvalue weighted by Gasteiger charge is -2.12. The van der Waals surface area contributed by atoms with Crippen molar-refractivity contribution >= 4 is 21.4 Å². The molecule has 6 heteroatoms. The van der Waals surface area contributed by atoms with Crippen LogP contribution in [0.2, 0.25) is 0 Å². The molecule has 0 unspecified atom stereocenters. The second kappa shape index (κ2) is 5.92. The SMILES string of the molecule is CCNc1ccccc1S(=O)(=O)Nc1ccc(C)nc1. The van der Waals surface area contributed by atoms with Gasteiger partial charge >= 0.3 is 0 Å². The zero-order valence-corrected chi connectivity index (χ0v) is 12.2. The molecule has 2 N–H and O–H groups in total. The summed E-state index contributed by atoms with van der Waals surface area (Å²) in [4.78, 5) is 4.30. The predicted molar refractivity (Wildman–Crippen MR) is 80.4 cm³/mol. The summed E-state index contributed by atoms with van der Waals surface area (Å²) in [5, 5.41) is 3.04. The highest BCUT2D eigenvalue weighted by molar-refractivity contribution is 7.92. The molecule has 1 heterocycles. The van der Waals surface area contributed by atoms with Crippen LogP contribution in [-0.4, -0.2) is 19.9 Å². The lowest BCUT2D eigenvalue weighted by molar-refractivity contribution is 0.601. The summed E-state index contributed by atoms with van der Waals surface area (Å²) >= 11 is 0. The molecule has 106 valence electrons. The third kappa shape index (κ3) is 3.27. The van der Waals surface area contributed by atoms with Gasteiger partial charge in [-0.1, -0.05) is 12.1 Å². The summed E-state index contributed by atoms with van der Waals surface area (Å²) in [6.07, 6.45) is 1.50. The van der Waals surface area contributed by atoms with Crippen molar-refractivity contribution in [3.05, 3.63) is 48.3 Å². The van der Waals surface area contributed by atoms with Gasteiger partial charge in [0.05, 0.1) is 17.6 Å². The van der Waals surface area contributed by atoms with E-state index in [0.29, 0.717) is 17.9 Å². The number of benzene rings is 1. The molecular weight excluding hydrogens is 274 g/mol. The number of aromatic nitrogens is 1. The fourth-order valence-electron chi connectivity index (χ4n) is 1.78. The number of hydrogen-bond donors (Lipinski definition) is 2. The first-order valence-electron chi connectivity index (χ1n) is 6.31. The molecule has 0 saturated heterocycles. The van der Waals surface area contributed by atoms with Gasteiger partial charge in [-0.25, -0.2) is 8.42 Å². The summed E-state index contributed by atoms with van der Waals surface area (Å²) in [5.41, 5.74) is 1.87. The second-order valence-electron chi connectivity index (χ2n) is 4.32. The normalized spacial score (nSPS) is 11.1. The van der Waals surface area contributed by atoms with Gasteiger partial charge < -0.3 is 5.32 Å². The van der Waals surface area contributed by atoms with Crippen molar-refractivity contribution in [2.75, 3.05) is 16.6 Å². The van der Waals surface area contributed by atoms with E-state index >= 15 is 0 Å². The Labute approximate surface area is 119 Å². The van der Waals surface area contributed by atoms with Gasteiger partial charge in [-0.05, 0) is 38.1 Å². The Bertz CT molecular complexity index is 682. The number of pyridine rings is 1. The Hall–Kier alpha value is -2.08. The molecule has 1 aromatic carbocycles. The predicted octanol–water partition coefficient (Wildman–Crippen LogP) is 2.62. The van der Waals surface area contributed by atoms with Crippen molar-refractivity contribution in [1.29, 1.82) is 0 Å². The molecule has 0 aliphatic carbocycles. The van der Waals surface area contributed by atoms with Crippen LogP contribution in [0.4, 0.5) is 11.4 Å². The third-order valence-electron chi connectivity index (χ3n) is 2.71. The molecule has 2 aromatic rings. The van der Waals surface area contributed by atoms with E-state index in [2.05, 4.69) is 15.0 Å². The first-order chi connectivity index (χ1) is 9.53. The van der Waals surface area contributed by atoms with Gasteiger partial charge in [0, 0.05) is 12.2 Å². The van der Waals surface area contributed by atoms with Crippen molar-refractivity contribution < 1.29 is 8.42 Å². The first-order valence-corrected chi connectivity index (χ1v) is 7.79. The summed E-state index contributed by atoms with van der Waals surface area (Å²) in [6, 6.07) is 10.3. The van der Waals surface area contributed by atoms with E-state index in [4.69, 9.17) is 0 Å². The van der Waals surface area contributed by atoms with Crippen LogP contribution in [0, 0.1) is 6.92 Å². The van der Waals surface area contributed by atoms with Crippen LogP contribution in [0.1, 0.15) is 12.6 Å². The standard InChI is InChI=1S/C14H17N3O2S/c1-3-15-13-6-4-5-7-14(13)20(18,19)17-12-9-8-11(2)16-10-12/h4-10,15,17H,3H2,1-2H3. The minimum atomic E-state index is -3.63.